The Bertz CT molecular complexity index is 1170. The van der Waals surface area contributed by atoms with Crippen molar-refractivity contribution in [2.75, 3.05) is 26.1 Å². The number of carbonyl (C=O) groups is 2. The molecule has 6 nitrogen and oxygen atoms in total. The van der Waals surface area contributed by atoms with E-state index in [1.54, 1.807) is 25.1 Å². The fraction of sp³-hybridized carbons (Fsp3) is 0.217. The Morgan fingerprint density at radius 1 is 1.00 bits per heavy atom. The Hall–Kier alpha value is -3.53. The average Bonchev–Trinajstić information content (AvgIpc) is 3.22. The topological polar surface area (TPSA) is 73.9 Å². The second kappa shape index (κ2) is 9.95. The summed E-state index contributed by atoms with van der Waals surface area (Å²) in [6, 6.07) is 11.0. The lowest BCUT2D eigenvalue weighted by atomic mass is 10.1. The number of hydrogen-bond donors (Lipinski definition) is 1. The molecule has 3 rings (SSSR count). The van der Waals surface area contributed by atoms with Gasteiger partial charge in [0, 0.05) is 4.88 Å². The zero-order valence-electron chi connectivity index (χ0n) is 17.9. The van der Waals surface area contributed by atoms with Crippen LogP contribution in [0.3, 0.4) is 0 Å². The highest BCUT2D eigenvalue weighted by atomic mass is 32.1. The van der Waals surface area contributed by atoms with Crippen LogP contribution in [0.5, 0.6) is 11.5 Å². The lowest BCUT2D eigenvalue weighted by Crippen LogP contribution is -2.19. The normalized spacial score (nSPS) is 11.1. The number of rotatable bonds is 7. The highest BCUT2D eigenvalue weighted by Crippen LogP contribution is 2.39. The summed E-state index contributed by atoms with van der Waals surface area (Å²) in [6.07, 6.45) is -4.71. The van der Waals surface area contributed by atoms with Crippen molar-refractivity contribution in [3.05, 3.63) is 64.5 Å². The summed E-state index contributed by atoms with van der Waals surface area (Å²) in [5, 5.41) is 2.43. The van der Waals surface area contributed by atoms with Gasteiger partial charge in [-0.15, -0.1) is 11.3 Å². The number of amides is 1. The standard InChI is InChI=1S/C23H20F3NO5S/c1-4-32-22(29)20-16(27-21(28)14-7-5-6-8-15(14)23(24,25)26)12-19(33-20)13-9-10-17(30-2)18(11-13)31-3/h5-12H,4H2,1-3H3,(H,27,28). The molecule has 33 heavy (non-hydrogen) atoms. The Morgan fingerprint density at radius 2 is 1.70 bits per heavy atom. The van der Waals surface area contributed by atoms with Crippen LogP contribution in [0, 0.1) is 0 Å². The molecule has 1 aromatic heterocycles. The predicted octanol–water partition coefficient (Wildman–Crippen LogP) is 5.88. The highest BCUT2D eigenvalue weighted by Gasteiger charge is 2.35. The lowest BCUT2D eigenvalue weighted by Gasteiger charge is -2.12. The molecule has 0 atom stereocenters. The molecule has 0 spiro atoms. The van der Waals surface area contributed by atoms with E-state index < -0.39 is 29.2 Å². The third-order valence-electron chi connectivity index (χ3n) is 4.59. The van der Waals surface area contributed by atoms with Crippen molar-refractivity contribution >= 4 is 28.9 Å². The van der Waals surface area contributed by atoms with Gasteiger partial charge in [-0.25, -0.2) is 4.79 Å². The average molecular weight is 479 g/mol. The molecule has 0 aliphatic heterocycles. The van der Waals surface area contributed by atoms with Gasteiger partial charge in [-0.2, -0.15) is 13.2 Å². The van der Waals surface area contributed by atoms with Crippen LogP contribution in [0.2, 0.25) is 0 Å². The Kier molecular flexibility index (Phi) is 7.27. The number of ether oxygens (including phenoxy) is 3. The van der Waals surface area contributed by atoms with Gasteiger partial charge in [0.05, 0.1) is 37.6 Å². The van der Waals surface area contributed by atoms with Crippen molar-refractivity contribution in [1.82, 2.24) is 0 Å². The van der Waals surface area contributed by atoms with Gasteiger partial charge >= 0.3 is 12.1 Å². The number of esters is 1. The van der Waals surface area contributed by atoms with E-state index in [1.807, 2.05) is 0 Å². The van der Waals surface area contributed by atoms with Gasteiger partial charge in [0.1, 0.15) is 4.88 Å². The van der Waals surface area contributed by atoms with E-state index in [-0.39, 0.29) is 17.2 Å². The third kappa shape index (κ3) is 5.28. The largest absolute Gasteiger partial charge is 0.493 e. The molecule has 2 aromatic carbocycles. The van der Waals surface area contributed by atoms with Gasteiger partial charge in [0.15, 0.2) is 11.5 Å². The number of thiophene rings is 1. The van der Waals surface area contributed by atoms with E-state index in [4.69, 9.17) is 14.2 Å². The molecule has 0 aliphatic carbocycles. The molecule has 0 saturated carbocycles. The van der Waals surface area contributed by atoms with Crippen molar-refractivity contribution in [3.63, 3.8) is 0 Å². The van der Waals surface area contributed by atoms with E-state index in [0.29, 0.717) is 21.9 Å². The monoisotopic (exact) mass is 479 g/mol. The van der Waals surface area contributed by atoms with Crippen LogP contribution >= 0.6 is 11.3 Å². The predicted molar refractivity (Wildman–Crippen MR) is 118 cm³/mol. The Morgan fingerprint density at radius 3 is 2.33 bits per heavy atom. The van der Waals surface area contributed by atoms with Crippen molar-refractivity contribution < 1.29 is 37.0 Å². The number of benzene rings is 2. The van der Waals surface area contributed by atoms with Crippen LogP contribution in [-0.2, 0) is 10.9 Å². The van der Waals surface area contributed by atoms with Gasteiger partial charge in [0.25, 0.3) is 5.91 Å². The number of alkyl halides is 3. The first kappa shape index (κ1) is 24.1. The third-order valence-corrected chi connectivity index (χ3v) is 5.75. The van der Waals surface area contributed by atoms with Crippen LogP contribution in [-0.4, -0.2) is 32.7 Å². The molecule has 0 fully saturated rings. The molecule has 0 radical (unpaired) electrons. The maximum Gasteiger partial charge on any atom is 0.417 e. The first-order chi connectivity index (χ1) is 15.7. The number of anilines is 1. The van der Waals surface area contributed by atoms with Crippen molar-refractivity contribution in [2.24, 2.45) is 0 Å². The molecule has 0 saturated heterocycles. The van der Waals surface area contributed by atoms with Gasteiger partial charge < -0.3 is 19.5 Å². The first-order valence-corrected chi connectivity index (χ1v) is 10.5. The fourth-order valence-electron chi connectivity index (χ4n) is 3.08. The molecule has 0 aliphatic rings. The zero-order valence-corrected chi connectivity index (χ0v) is 18.7. The van der Waals surface area contributed by atoms with Gasteiger partial charge in [0.2, 0.25) is 0 Å². The maximum atomic E-state index is 13.3. The molecule has 0 bridgehead atoms. The van der Waals surface area contributed by atoms with Crippen LogP contribution in [0.1, 0.15) is 32.5 Å². The number of carbonyl (C=O) groups excluding carboxylic acids is 2. The number of halogens is 3. The summed E-state index contributed by atoms with van der Waals surface area (Å²) in [7, 11) is 2.97. The maximum absolute atomic E-state index is 13.3. The summed E-state index contributed by atoms with van der Waals surface area (Å²) < 4.78 is 55.6. The number of nitrogens with one attached hydrogen (secondary N) is 1. The molecule has 1 heterocycles. The molecule has 1 amide bonds. The van der Waals surface area contributed by atoms with Gasteiger partial charge in [-0.3, -0.25) is 4.79 Å². The molecular weight excluding hydrogens is 459 g/mol. The highest BCUT2D eigenvalue weighted by molar-refractivity contribution is 7.18. The van der Waals surface area contributed by atoms with Gasteiger partial charge in [-0.1, -0.05) is 12.1 Å². The summed E-state index contributed by atoms with van der Waals surface area (Å²) in [6.45, 7) is 1.71. The van der Waals surface area contributed by atoms with Gasteiger partial charge in [-0.05, 0) is 48.9 Å². The minimum absolute atomic E-state index is 0.0465. The molecule has 3 aromatic rings. The smallest absolute Gasteiger partial charge is 0.417 e. The van der Waals surface area contributed by atoms with E-state index in [0.717, 1.165) is 23.5 Å². The number of hydrogen-bond acceptors (Lipinski definition) is 6. The Balaban J connectivity index is 2.03. The molecule has 1 N–H and O–H groups in total. The lowest BCUT2D eigenvalue weighted by molar-refractivity contribution is -0.137. The molecule has 174 valence electrons. The van der Waals surface area contributed by atoms with Crippen LogP contribution < -0.4 is 14.8 Å². The number of methoxy groups -OCH3 is 2. The summed E-state index contributed by atoms with van der Waals surface area (Å²) >= 11 is 1.03. The van der Waals surface area contributed by atoms with E-state index in [9.17, 15) is 22.8 Å². The fourth-order valence-corrected chi connectivity index (χ4v) is 4.09. The second-order valence-electron chi connectivity index (χ2n) is 6.64. The van der Waals surface area contributed by atoms with E-state index >= 15 is 0 Å². The van der Waals surface area contributed by atoms with Crippen LogP contribution in [0.4, 0.5) is 18.9 Å². The SMILES string of the molecule is CCOC(=O)c1sc(-c2ccc(OC)c(OC)c2)cc1NC(=O)c1ccccc1C(F)(F)F. The summed E-state index contributed by atoms with van der Waals surface area (Å²) in [4.78, 5) is 25.9. The quantitative estimate of drug-likeness (QED) is 0.429. The van der Waals surface area contributed by atoms with Crippen molar-refractivity contribution in [3.8, 4) is 21.9 Å². The van der Waals surface area contributed by atoms with E-state index in [2.05, 4.69) is 5.32 Å². The van der Waals surface area contributed by atoms with Crippen molar-refractivity contribution in [1.29, 1.82) is 0 Å². The molecular formula is C23H20F3NO5S. The minimum atomic E-state index is -4.71. The minimum Gasteiger partial charge on any atom is -0.493 e. The summed E-state index contributed by atoms with van der Waals surface area (Å²) in [5.74, 6) is -0.745. The zero-order chi connectivity index (χ0) is 24.2. The first-order valence-electron chi connectivity index (χ1n) is 9.70. The Labute approximate surface area is 191 Å². The van der Waals surface area contributed by atoms with E-state index in [1.165, 1.54) is 32.4 Å². The molecule has 10 heteroatoms. The molecule has 0 unspecified atom stereocenters. The second-order valence-corrected chi connectivity index (χ2v) is 7.69. The summed E-state index contributed by atoms with van der Waals surface area (Å²) in [5.41, 5.74) is -0.932. The van der Waals surface area contributed by atoms with Crippen LogP contribution in [0.15, 0.2) is 48.5 Å². The van der Waals surface area contributed by atoms with Crippen molar-refractivity contribution in [2.45, 2.75) is 13.1 Å². The van der Waals surface area contributed by atoms with Crippen LogP contribution in [0.25, 0.3) is 10.4 Å².